The second kappa shape index (κ2) is 9.01. The molecule has 0 aromatic carbocycles. The van der Waals surface area contributed by atoms with E-state index >= 15 is 0 Å². The van der Waals surface area contributed by atoms with Crippen LogP contribution in [0, 0.1) is 12.3 Å². The van der Waals surface area contributed by atoms with Gasteiger partial charge in [-0.2, -0.15) is 0 Å². The molecule has 7 heteroatoms. The van der Waals surface area contributed by atoms with Crippen molar-refractivity contribution in [2.24, 2.45) is 0 Å². The molecule has 0 saturated heterocycles. The molecule has 0 spiro atoms. The SMILES string of the molecule is C#CCNCC(=O)N[C@H](CCC(=O)OC)C(=O)O. The van der Waals surface area contributed by atoms with Crippen LogP contribution in [0.4, 0.5) is 0 Å². The minimum absolute atomic E-state index is 0.0249. The highest BCUT2D eigenvalue weighted by atomic mass is 16.5. The van der Waals surface area contributed by atoms with E-state index in [-0.39, 0.29) is 25.9 Å². The fourth-order valence-electron chi connectivity index (χ4n) is 1.12. The lowest BCUT2D eigenvalue weighted by atomic mass is 10.1. The molecule has 0 aromatic heterocycles. The number of rotatable bonds is 8. The van der Waals surface area contributed by atoms with Gasteiger partial charge in [-0.1, -0.05) is 5.92 Å². The molecule has 7 nitrogen and oxygen atoms in total. The number of ether oxygens (including phenoxy) is 1. The predicted molar refractivity (Wildman–Crippen MR) is 62.5 cm³/mol. The molecule has 0 radical (unpaired) electrons. The van der Waals surface area contributed by atoms with Crippen LogP contribution in [0.15, 0.2) is 0 Å². The van der Waals surface area contributed by atoms with Crippen LogP contribution in [0.1, 0.15) is 12.8 Å². The Labute approximate surface area is 105 Å². The summed E-state index contributed by atoms with van der Waals surface area (Å²) in [5.74, 6) is 0.0492. The number of carbonyl (C=O) groups is 3. The molecule has 0 fully saturated rings. The van der Waals surface area contributed by atoms with Crippen molar-refractivity contribution in [3.8, 4) is 12.3 Å². The number of aliphatic carboxylic acids is 1. The summed E-state index contributed by atoms with van der Waals surface area (Å²) in [5, 5.41) is 13.8. The molecule has 0 heterocycles. The Balaban J connectivity index is 4.11. The molecule has 18 heavy (non-hydrogen) atoms. The van der Waals surface area contributed by atoms with E-state index in [4.69, 9.17) is 11.5 Å². The van der Waals surface area contributed by atoms with Crippen molar-refractivity contribution >= 4 is 17.8 Å². The summed E-state index contributed by atoms with van der Waals surface area (Å²) in [4.78, 5) is 33.0. The van der Waals surface area contributed by atoms with Gasteiger partial charge in [-0.05, 0) is 6.42 Å². The number of carboxylic acids is 1. The van der Waals surface area contributed by atoms with E-state index in [1.54, 1.807) is 0 Å². The summed E-state index contributed by atoms with van der Waals surface area (Å²) < 4.78 is 4.39. The van der Waals surface area contributed by atoms with Gasteiger partial charge in [0.05, 0.1) is 20.2 Å². The van der Waals surface area contributed by atoms with Gasteiger partial charge in [0.25, 0.3) is 0 Å². The summed E-state index contributed by atoms with van der Waals surface area (Å²) in [6, 6.07) is -1.12. The van der Waals surface area contributed by atoms with Gasteiger partial charge in [0.2, 0.25) is 5.91 Å². The normalized spacial score (nSPS) is 11.1. The third kappa shape index (κ3) is 7.24. The molecule has 1 amide bonds. The third-order valence-electron chi connectivity index (χ3n) is 2.01. The van der Waals surface area contributed by atoms with Crippen molar-refractivity contribution < 1.29 is 24.2 Å². The Bertz CT molecular complexity index is 348. The van der Waals surface area contributed by atoms with Crippen LogP contribution in [-0.2, 0) is 19.1 Å². The maximum absolute atomic E-state index is 11.3. The molecule has 0 rings (SSSR count). The van der Waals surface area contributed by atoms with Gasteiger partial charge in [-0.15, -0.1) is 6.42 Å². The van der Waals surface area contributed by atoms with Gasteiger partial charge in [0, 0.05) is 6.42 Å². The van der Waals surface area contributed by atoms with Crippen LogP contribution in [0.2, 0.25) is 0 Å². The Hall–Kier alpha value is -2.07. The largest absolute Gasteiger partial charge is 0.480 e. The smallest absolute Gasteiger partial charge is 0.326 e. The molecule has 0 bridgehead atoms. The highest BCUT2D eigenvalue weighted by Crippen LogP contribution is 1.99. The molecule has 0 unspecified atom stereocenters. The average molecular weight is 256 g/mol. The molecular weight excluding hydrogens is 240 g/mol. The molecule has 100 valence electrons. The van der Waals surface area contributed by atoms with Crippen LogP contribution in [0.3, 0.4) is 0 Å². The van der Waals surface area contributed by atoms with Crippen molar-refractivity contribution in [1.29, 1.82) is 0 Å². The number of terminal acetylenes is 1. The van der Waals surface area contributed by atoms with Crippen molar-refractivity contribution in [2.45, 2.75) is 18.9 Å². The lowest BCUT2D eigenvalue weighted by molar-refractivity contribution is -0.144. The predicted octanol–water partition coefficient (Wildman–Crippen LogP) is -1.27. The number of hydrogen-bond acceptors (Lipinski definition) is 5. The van der Waals surface area contributed by atoms with Crippen LogP contribution >= 0.6 is 0 Å². The number of hydrogen-bond donors (Lipinski definition) is 3. The fourth-order valence-corrected chi connectivity index (χ4v) is 1.12. The molecular formula is C11H16N2O5. The number of methoxy groups -OCH3 is 1. The molecule has 0 aliphatic rings. The zero-order valence-corrected chi connectivity index (χ0v) is 10.1. The summed E-state index contributed by atoms with van der Waals surface area (Å²) in [6.45, 7) is 0.138. The molecule has 3 N–H and O–H groups in total. The van der Waals surface area contributed by atoms with Crippen molar-refractivity contribution in [1.82, 2.24) is 10.6 Å². The number of carboxylic acid groups (broad SMARTS) is 1. The number of nitrogens with one attached hydrogen (secondary N) is 2. The second-order valence-corrected chi connectivity index (χ2v) is 3.38. The minimum atomic E-state index is -1.20. The standard InChI is InChI=1S/C11H16N2O5/c1-3-6-12-7-9(14)13-8(11(16)17)4-5-10(15)18-2/h1,8,12H,4-7H2,2H3,(H,13,14)(H,16,17)/t8-/m1/s1. The molecule has 0 aliphatic carbocycles. The van der Waals surface area contributed by atoms with E-state index in [1.165, 1.54) is 7.11 Å². The lowest BCUT2D eigenvalue weighted by Gasteiger charge is -2.13. The summed E-state index contributed by atoms with van der Waals surface area (Å²) >= 11 is 0. The first-order chi connectivity index (χ1) is 8.51. The van der Waals surface area contributed by atoms with Gasteiger partial charge in [-0.3, -0.25) is 14.9 Å². The van der Waals surface area contributed by atoms with Gasteiger partial charge in [0.15, 0.2) is 0 Å². The Morgan fingerprint density at radius 2 is 2.11 bits per heavy atom. The van der Waals surface area contributed by atoms with E-state index in [0.717, 1.165) is 0 Å². The average Bonchev–Trinajstić information content (AvgIpc) is 2.33. The van der Waals surface area contributed by atoms with Gasteiger partial charge < -0.3 is 15.2 Å². The molecule has 1 atom stereocenters. The van der Waals surface area contributed by atoms with Crippen molar-refractivity contribution in [3.05, 3.63) is 0 Å². The van der Waals surface area contributed by atoms with E-state index in [1.807, 2.05) is 0 Å². The van der Waals surface area contributed by atoms with E-state index < -0.39 is 23.9 Å². The number of carbonyl (C=O) groups excluding carboxylic acids is 2. The van der Waals surface area contributed by atoms with Crippen LogP contribution < -0.4 is 10.6 Å². The van der Waals surface area contributed by atoms with Gasteiger partial charge in [-0.25, -0.2) is 4.79 Å². The first kappa shape index (κ1) is 15.9. The monoisotopic (exact) mass is 256 g/mol. The molecule has 0 aliphatic heterocycles. The van der Waals surface area contributed by atoms with Gasteiger partial charge in [0.1, 0.15) is 6.04 Å². The Kier molecular flexibility index (Phi) is 7.98. The first-order valence-corrected chi connectivity index (χ1v) is 5.24. The summed E-state index contributed by atoms with van der Waals surface area (Å²) in [6.07, 6.45) is 4.87. The zero-order valence-electron chi connectivity index (χ0n) is 10.1. The topological polar surface area (TPSA) is 105 Å². The van der Waals surface area contributed by atoms with E-state index in [2.05, 4.69) is 21.3 Å². The maximum atomic E-state index is 11.3. The quantitative estimate of drug-likeness (QED) is 0.284. The highest BCUT2D eigenvalue weighted by Gasteiger charge is 2.20. The van der Waals surface area contributed by atoms with Crippen LogP contribution in [-0.4, -0.2) is 49.2 Å². The van der Waals surface area contributed by atoms with Crippen molar-refractivity contribution in [3.63, 3.8) is 0 Å². The van der Waals surface area contributed by atoms with Crippen LogP contribution in [0.25, 0.3) is 0 Å². The minimum Gasteiger partial charge on any atom is -0.480 e. The third-order valence-corrected chi connectivity index (χ3v) is 2.01. The fraction of sp³-hybridized carbons (Fsp3) is 0.545. The maximum Gasteiger partial charge on any atom is 0.326 e. The lowest BCUT2D eigenvalue weighted by Crippen LogP contribution is -2.44. The summed E-state index contributed by atoms with van der Waals surface area (Å²) in [5.41, 5.74) is 0. The first-order valence-electron chi connectivity index (χ1n) is 5.24. The Morgan fingerprint density at radius 3 is 2.61 bits per heavy atom. The van der Waals surface area contributed by atoms with Crippen molar-refractivity contribution in [2.75, 3.05) is 20.2 Å². The second-order valence-electron chi connectivity index (χ2n) is 3.38. The zero-order chi connectivity index (χ0) is 14.0. The highest BCUT2D eigenvalue weighted by molar-refractivity contribution is 5.85. The van der Waals surface area contributed by atoms with E-state index in [0.29, 0.717) is 0 Å². The summed E-state index contributed by atoms with van der Waals surface area (Å²) in [7, 11) is 1.21. The number of esters is 1. The van der Waals surface area contributed by atoms with Crippen LogP contribution in [0.5, 0.6) is 0 Å². The molecule has 0 saturated carbocycles. The molecule has 0 aromatic rings. The van der Waals surface area contributed by atoms with Gasteiger partial charge >= 0.3 is 11.9 Å². The Morgan fingerprint density at radius 1 is 1.44 bits per heavy atom. The van der Waals surface area contributed by atoms with E-state index in [9.17, 15) is 14.4 Å². The number of amides is 1.